The molecule has 1 heterocycles. The largest absolute Gasteiger partial charge is 0.496 e. The van der Waals surface area contributed by atoms with Crippen molar-refractivity contribution < 1.29 is 4.74 Å². The molecule has 0 aliphatic carbocycles. The number of methoxy groups -OCH3 is 1. The van der Waals surface area contributed by atoms with Crippen molar-refractivity contribution in [2.75, 3.05) is 39.8 Å². The smallest absolute Gasteiger partial charge is 0.122 e. The van der Waals surface area contributed by atoms with Crippen LogP contribution in [0.25, 0.3) is 0 Å². The van der Waals surface area contributed by atoms with Gasteiger partial charge in [0.2, 0.25) is 0 Å². The Bertz CT molecular complexity index is 364. The number of ether oxygens (including phenoxy) is 1. The lowest BCUT2D eigenvalue weighted by Crippen LogP contribution is -2.44. The number of hydrogen-bond acceptors (Lipinski definition) is 3. The average Bonchev–Trinajstić information content (AvgIpc) is 2.38. The monoisotopic (exact) mass is 254 g/mol. The summed E-state index contributed by atoms with van der Waals surface area (Å²) in [5.41, 5.74) is 1.19. The van der Waals surface area contributed by atoms with Gasteiger partial charge in [0.25, 0.3) is 0 Å². The Hall–Kier alpha value is -0.770. The first-order valence-electron chi connectivity index (χ1n) is 6.05. The Balaban J connectivity index is 1.95. The molecule has 3 nitrogen and oxygen atoms in total. The summed E-state index contributed by atoms with van der Waals surface area (Å²) >= 11 is 6.02. The molecule has 4 heteroatoms. The van der Waals surface area contributed by atoms with E-state index in [0.29, 0.717) is 0 Å². The van der Waals surface area contributed by atoms with Gasteiger partial charge in [-0.2, -0.15) is 0 Å². The number of piperazine rings is 1. The molecule has 1 aromatic carbocycles. The Morgan fingerprint density at radius 1 is 1.35 bits per heavy atom. The minimum absolute atomic E-state index is 0.779. The third kappa shape index (κ3) is 3.60. The van der Waals surface area contributed by atoms with Crippen LogP contribution in [0, 0.1) is 0 Å². The SMILES string of the molecule is COc1ccc(Cl)cc1CCN1CCNCC1. The average molecular weight is 255 g/mol. The van der Waals surface area contributed by atoms with E-state index in [0.717, 1.165) is 49.9 Å². The number of rotatable bonds is 4. The minimum Gasteiger partial charge on any atom is -0.496 e. The third-order valence-electron chi connectivity index (χ3n) is 3.15. The van der Waals surface area contributed by atoms with Crippen molar-refractivity contribution in [2.45, 2.75) is 6.42 Å². The Labute approximate surface area is 108 Å². The van der Waals surface area contributed by atoms with Crippen LogP contribution in [0.15, 0.2) is 18.2 Å². The molecule has 0 bridgehead atoms. The molecule has 0 radical (unpaired) electrons. The lowest BCUT2D eigenvalue weighted by Gasteiger charge is -2.27. The quantitative estimate of drug-likeness (QED) is 0.887. The van der Waals surface area contributed by atoms with Gasteiger partial charge in [-0.1, -0.05) is 11.6 Å². The minimum atomic E-state index is 0.779. The molecule has 0 unspecified atom stereocenters. The van der Waals surface area contributed by atoms with Gasteiger partial charge >= 0.3 is 0 Å². The van der Waals surface area contributed by atoms with Crippen molar-refractivity contribution in [3.05, 3.63) is 28.8 Å². The van der Waals surface area contributed by atoms with Gasteiger partial charge in [0, 0.05) is 37.7 Å². The van der Waals surface area contributed by atoms with E-state index in [1.807, 2.05) is 18.2 Å². The molecule has 17 heavy (non-hydrogen) atoms. The molecule has 1 aliphatic rings. The van der Waals surface area contributed by atoms with Crippen LogP contribution in [0.5, 0.6) is 5.75 Å². The first kappa shape index (κ1) is 12.7. The maximum atomic E-state index is 6.02. The summed E-state index contributed by atoms with van der Waals surface area (Å²) in [4.78, 5) is 2.47. The third-order valence-corrected chi connectivity index (χ3v) is 3.38. The molecule has 94 valence electrons. The van der Waals surface area contributed by atoms with E-state index in [4.69, 9.17) is 16.3 Å². The van der Waals surface area contributed by atoms with Gasteiger partial charge in [-0.3, -0.25) is 0 Å². The van der Waals surface area contributed by atoms with E-state index in [2.05, 4.69) is 10.2 Å². The molecule has 0 atom stereocenters. The van der Waals surface area contributed by atoms with E-state index in [1.54, 1.807) is 7.11 Å². The van der Waals surface area contributed by atoms with Gasteiger partial charge in [0.05, 0.1) is 7.11 Å². The highest BCUT2D eigenvalue weighted by Crippen LogP contribution is 2.23. The van der Waals surface area contributed by atoms with Crippen molar-refractivity contribution in [2.24, 2.45) is 0 Å². The van der Waals surface area contributed by atoms with E-state index in [9.17, 15) is 0 Å². The lowest BCUT2D eigenvalue weighted by molar-refractivity contribution is 0.243. The fourth-order valence-electron chi connectivity index (χ4n) is 2.16. The summed E-state index contributed by atoms with van der Waals surface area (Å²) in [5.74, 6) is 0.935. The molecule has 1 N–H and O–H groups in total. The highest BCUT2D eigenvalue weighted by molar-refractivity contribution is 6.30. The fourth-order valence-corrected chi connectivity index (χ4v) is 2.35. The molecule has 1 saturated heterocycles. The molecule has 0 saturated carbocycles. The number of benzene rings is 1. The van der Waals surface area contributed by atoms with Crippen molar-refractivity contribution in [1.29, 1.82) is 0 Å². The molecule has 0 spiro atoms. The van der Waals surface area contributed by atoms with Crippen LogP contribution < -0.4 is 10.1 Å². The van der Waals surface area contributed by atoms with Crippen molar-refractivity contribution in [3.8, 4) is 5.75 Å². The highest BCUT2D eigenvalue weighted by Gasteiger charge is 2.11. The number of halogens is 1. The van der Waals surface area contributed by atoms with Crippen LogP contribution in [0.3, 0.4) is 0 Å². The van der Waals surface area contributed by atoms with Crippen LogP contribution in [-0.2, 0) is 6.42 Å². The summed E-state index contributed by atoms with van der Waals surface area (Å²) in [6.07, 6.45) is 0.990. The van der Waals surface area contributed by atoms with Crippen molar-refractivity contribution >= 4 is 11.6 Å². The lowest BCUT2D eigenvalue weighted by atomic mass is 10.1. The zero-order valence-corrected chi connectivity index (χ0v) is 11.0. The van der Waals surface area contributed by atoms with Gasteiger partial charge in [-0.25, -0.2) is 0 Å². The molecular weight excluding hydrogens is 236 g/mol. The van der Waals surface area contributed by atoms with Gasteiger partial charge in [-0.15, -0.1) is 0 Å². The molecule has 0 aromatic heterocycles. The van der Waals surface area contributed by atoms with E-state index >= 15 is 0 Å². The Morgan fingerprint density at radius 2 is 2.12 bits per heavy atom. The molecule has 1 aliphatic heterocycles. The summed E-state index contributed by atoms with van der Waals surface area (Å²) in [7, 11) is 1.71. The van der Waals surface area contributed by atoms with Gasteiger partial charge in [0.15, 0.2) is 0 Å². The molecule has 2 rings (SSSR count). The fraction of sp³-hybridized carbons (Fsp3) is 0.538. The Morgan fingerprint density at radius 3 is 2.82 bits per heavy atom. The number of nitrogens with zero attached hydrogens (tertiary/aromatic N) is 1. The second-order valence-corrected chi connectivity index (χ2v) is 4.73. The normalized spacial score (nSPS) is 17.1. The predicted molar refractivity (Wildman–Crippen MR) is 71.0 cm³/mol. The summed E-state index contributed by atoms with van der Waals surface area (Å²) in [5, 5.41) is 4.14. The molecule has 1 fully saturated rings. The van der Waals surface area contributed by atoms with Crippen LogP contribution in [-0.4, -0.2) is 44.7 Å². The second kappa shape index (κ2) is 6.24. The highest BCUT2D eigenvalue weighted by atomic mass is 35.5. The summed E-state index contributed by atoms with van der Waals surface area (Å²) in [6.45, 7) is 5.50. The van der Waals surface area contributed by atoms with Crippen LogP contribution in [0.1, 0.15) is 5.56 Å². The van der Waals surface area contributed by atoms with Crippen molar-refractivity contribution in [1.82, 2.24) is 10.2 Å². The number of hydrogen-bond donors (Lipinski definition) is 1. The van der Waals surface area contributed by atoms with Crippen LogP contribution in [0.4, 0.5) is 0 Å². The maximum absolute atomic E-state index is 6.02. The first-order valence-corrected chi connectivity index (χ1v) is 6.43. The van der Waals surface area contributed by atoms with E-state index in [1.165, 1.54) is 5.56 Å². The zero-order chi connectivity index (χ0) is 12.1. The van der Waals surface area contributed by atoms with Crippen molar-refractivity contribution in [3.63, 3.8) is 0 Å². The van der Waals surface area contributed by atoms with E-state index in [-0.39, 0.29) is 0 Å². The van der Waals surface area contributed by atoms with Crippen LogP contribution >= 0.6 is 11.6 Å². The summed E-state index contributed by atoms with van der Waals surface area (Å²) in [6, 6.07) is 5.81. The Kier molecular flexibility index (Phi) is 4.66. The van der Waals surface area contributed by atoms with E-state index < -0.39 is 0 Å². The topological polar surface area (TPSA) is 24.5 Å². The molecular formula is C13H19ClN2O. The predicted octanol–water partition coefficient (Wildman–Crippen LogP) is 1.80. The number of nitrogens with one attached hydrogen (secondary N) is 1. The second-order valence-electron chi connectivity index (χ2n) is 4.30. The van der Waals surface area contributed by atoms with Crippen LogP contribution in [0.2, 0.25) is 5.02 Å². The van der Waals surface area contributed by atoms with Gasteiger partial charge in [-0.05, 0) is 30.2 Å². The maximum Gasteiger partial charge on any atom is 0.122 e. The molecule has 1 aromatic rings. The summed E-state index contributed by atoms with van der Waals surface area (Å²) < 4.78 is 5.35. The standard InChI is InChI=1S/C13H19ClN2O/c1-17-13-3-2-12(14)10-11(13)4-7-16-8-5-15-6-9-16/h2-3,10,15H,4-9H2,1H3. The zero-order valence-electron chi connectivity index (χ0n) is 10.2. The van der Waals surface area contributed by atoms with Gasteiger partial charge in [0.1, 0.15) is 5.75 Å². The first-order chi connectivity index (χ1) is 8.29. The van der Waals surface area contributed by atoms with Gasteiger partial charge < -0.3 is 15.0 Å². The molecule has 0 amide bonds.